The van der Waals surface area contributed by atoms with Gasteiger partial charge in [0.1, 0.15) is 5.75 Å². The molecule has 0 fully saturated rings. The average molecular weight is 461 g/mol. The molecule has 2 aromatic carbocycles. The maximum Gasteiger partial charge on any atom is 0.268 e. The van der Waals surface area contributed by atoms with Crippen LogP contribution in [0.5, 0.6) is 11.6 Å². The number of hydrogen-bond donors (Lipinski definition) is 1. The number of hydrogen-bond acceptors (Lipinski definition) is 6. The number of amides is 1. The molecule has 0 saturated heterocycles. The van der Waals surface area contributed by atoms with Gasteiger partial charge in [-0.3, -0.25) is 14.5 Å². The summed E-state index contributed by atoms with van der Waals surface area (Å²) in [6.07, 6.45) is 3.54. The molecular weight excluding hydrogens is 432 g/mol. The molecule has 0 saturated carbocycles. The molecule has 2 heterocycles. The summed E-state index contributed by atoms with van der Waals surface area (Å²) in [5.74, 6) is 0.804. The maximum absolute atomic E-state index is 13.1. The Hall–Kier alpha value is -3.91. The van der Waals surface area contributed by atoms with Crippen LogP contribution in [0.4, 0.5) is 5.69 Å². The molecule has 8 nitrogen and oxygen atoms in total. The number of nitrogens with one attached hydrogen (secondary N) is 1. The smallest absolute Gasteiger partial charge is 0.268 e. The van der Waals surface area contributed by atoms with Gasteiger partial charge in [-0.1, -0.05) is 12.1 Å². The van der Waals surface area contributed by atoms with Crippen LogP contribution in [0.2, 0.25) is 0 Å². The number of pyridine rings is 1. The first-order chi connectivity index (χ1) is 16.4. The molecule has 0 aliphatic rings. The fourth-order valence-electron chi connectivity index (χ4n) is 3.56. The molecule has 0 unspecified atom stereocenters. The Bertz CT molecular complexity index is 1270. The van der Waals surface area contributed by atoms with Crippen molar-refractivity contribution in [1.29, 1.82) is 0 Å². The van der Waals surface area contributed by atoms with Crippen molar-refractivity contribution in [3.8, 4) is 11.6 Å². The highest BCUT2D eigenvalue weighted by Crippen LogP contribution is 2.30. The third-order valence-electron chi connectivity index (χ3n) is 5.39. The Morgan fingerprint density at radius 3 is 2.53 bits per heavy atom. The molecule has 176 valence electrons. The number of benzene rings is 2. The number of methoxy groups -OCH3 is 2. The third kappa shape index (κ3) is 5.18. The molecule has 4 aromatic rings. The first-order valence-corrected chi connectivity index (χ1v) is 10.9. The van der Waals surface area contributed by atoms with Gasteiger partial charge >= 0.3 is 0 Å². The molecule has 1 amide bonds. The third-order valence-corrected chi connectivity index (χ3v) is 5.39. The van der Waals surface area contributed by atoms with Crippen LogP contribution in [0.3, 0.4) is 0 Å². The summed E-state index contributed by atoms with van der Waals surface area (Å²) in [4.78, 5) is 17.3. The van der Waals surface area contributed by atoms with Crippen molar-refractivity contribution in [2.75, 3.05) is 19.5 Å². The van der Waals surface area contributed by atoms with Gasteiger partial charge in [-0.2, -0.15) is 0 Å². The summed E-state index contributed by atoms with van der Waals surface area (Å²) in [5, 5.41) is 8.42. The molecule has 34 heavy (non-hydrogen) atoms. The van der Waals surface area contributed by atoms with Crippen LogP contribution in [0.1, 0.15) is 25.0 Å². The quantitative estimate of drug-likeness (QED) is 0.398. The SMILES string of the molecule is COCc1ccc2c(c1)c(OC(C)(C)C(=O)Nc1ccc(OC)cc1)nn2Cc1cccnc1. The van der Waals surface area contributed by atoms with E-state index in [9.17, 15) is 4.79 Å². The zero-order valence-corrected chi connectivity index (χ0v) is 19.7. The van der Waals surface area contributed by atoms with E-state index in [0.717, 1.165) is 22.0 Å². The van der Waals surface area contributed by atoms with Gasteiger partial charge in [0.15, 0.2) is 5.60 Å². The van der Waals surface area contributed by atoms with Gasteiger partial charge in [0.2, 0.25) is 5.88 Å². The number of carbonyl (C=O) groups excluding carboxylic acids is 1. The van der Waals surface area contributed by atoms with Gasteiger partial charge in [-0.15, -0.1) is 5.10 Å². The number of ether oxygens (including phenoxy) is 3. The minimum absolute atomic E-state index is 0.291. The van der Waals surface area contributed by atoms with E-state index in [1.54, 1.807) is 64.7 Å². The molecule has 1 N–H and O–H groups in total. The number of rotatable bonds is 9. The lowest BCUT2D eigenvalue weighted by atomic mass is 10.1. The van der Waals surface area contributed by atoms with E-state index >= 15 is 0 Å². The highest BCUT2D eigenvalue weighted by Gasteiger charge is 2.32. The fourth-order valence-corrected chi connectivity index (χ4v) is 3.56. The van der Waals surface area contributed by atoms with E-state index in [2.05, 4.69) is 10.3 Å². The monoisotopic (exact) mass is 460 g/mol. The molecule has 0 spiro atoms. The normalized spacial score (nSPS) is 11.4. The summed E-state index contributed by atoms with van der Waals surface area (Å²) < 4.78 is 18.5. The second kappa shape index (κ2) is 9.93. The Morgan fingerprint density at radius 2 is 1.85 bits per heavy atom. The molecule has 2 aromatic heterocycles. The van der Waals surface area contributed by atoms with Gasteiger partial charge in [-0.25, -0.2) is 0 Å². The van der Waals surface area contributed by atoms with Crippen molar-refractivity contribution in [3.63, 3.8) is 0 Å². The number of carbonyl (C=O) groups is 1. The van der Waals surface area contributed by atoms with Crippen LogP contribution in [-0.2, 0) is 22.7 Å². The minimum atomic E-state index is -1.18. The standard InChI is InChI=1S/C26H28N4O4/c1-26(2,25(31)28-20-8-10-21(33-4)11-9-20)34-24-22-14-18(17-32-3)7-12-23(22)30(29-24)16-19-6-5-13-27-15-19/h5-15H,16-17H2,1-4H3,(H,28,31). The Morgan fingerprint density at radius 1 is 1.06 bits per heavy atom. The van der Waals surface area contributed by atoms with Gasteiger partial charge in [-0.05, 0) is 67.4 Å². The summed E-state index contributed by atoms with van der Waals surface area (Å²) in [5.41, 5.74) is 2.36. The molecule has 0 atom stereocenters. The number of fused-ring (bicyclic) bond motifs is 1. The molecule has 8 heteroatoms. The molecule has 0 aliphatic heterocycles. The Labute approximate surface area is 198 Å². The van der Waals surface area contributed by atoms with E-state index in [1.807, 2.05) is 35.0 Å². The predicted octanol–water partition coefficient (Wildman–Crippen LogP) is 4.43. The van der Waals surface area contributed by atoms with Crippen LogP contribution in [0, 0.1) is 0 Å². The van der Waals surface area contributed by atoms with Gasteiger partial charge in [0.25, 0.3) is 5.91 Å². The van der Waals surface area contributed by atoms with Crippen LogP contribution >= 0.6 is 0 Å². The molecule has 0 radical (unpaired) electrons. The van der Waals surface area contributed by atoms with Crippen molar-refractivity contribution in [1.82, 2.24) is 14.8 Å². The van der Waals surface area contributed by atoms with Gasteiger partial charge < -0.3 is 19.5 Å². The molecule has 0 aliphatic carbocycles. The average Bonchev–Trinajstić information content (AvgIpc) is 3.16. The van der Waals surface area contributed by atoms with Gasteiger partial charge in [0, 0.05) is 25.2 Å². The summed E-state index contributed by atoms with van der Waals surface area (Å²) in [6, 6.07) is 17.0. The molecular formula is C26H28N4O4. The van der Waals surface area contributed by atoms with E-state index in [-0.39, 0.29) is 5.91 Å². The lowest BCUT2D eigenvalue weighted by Crippen LogP contribution is -2.42. The lowest BCUT2D eigenvalue weighted by molar-refractivity contribution is -0.128. The van der Waals surface area contributed by atoms with Crippen molar-refractivity contribution in [3.05, 3.63) is 78.1 Å². The van der Waals surface area contributed by atoms with E-state index in [0.29, 0.717) is 30.5 Å². The summed E-state index contributed by atoms with van der Waals surface area (Å²) in [7, 11) is 3.25. The summed E-state index contributed by atoms with van der Waals surface area (Å²) >= 11 is 0. The van der Waals surface area contributed by atoms with Gasteiger partial charge in [0.05, 0.1) is 31.2 Å². The van der Waals surface area contributed by atoms with Crippen molar-refractivity contribution < 1.29 is 19.0 Å². The van der Waals surface area contributed by atoms with E-state index in [1.165, 1.54) is 0 Å². The first-order valence-electron chi connectivity index (χ1n) is 10.9. The first kappa shape index (κ1) is 23.3. The summed E-state index contributed by atoms with van der Waals surface area (Å²) in [6.45, 7) is 4.42. The van der Waals surface area contributed by atoms with Crippen LogP contribution in [0.15, 0.2) is 67.0 Å². The largest absolute Gasteiger partial charge is 0.497 e. The predicted molar refractivity (Wildman–Crippen MR) is 130 cm³/mol. The molecule has 0 bridgehead atoms. The van der Waals surface area contributed by atoms with Crippen molar-refractivity contribution in [2.45, 2.75) is 32.6 Å². The second-order valence-electron chi connectivity index (χ2n) is 8.40. The molecule has 4 rings (SSSR count). The van der Waals surface area contributed by atoms with Crippen molar-refractivity contribution >= 4 is 22.5 Å². The Kier molecular flexibility index (Phi) is 6.79. The van der Waals surface area contributed by atoms with Crippen LogP contribution < -0.4 is 14.8 Å². The zero-order chi connectivity index (χ0) is 24.1. The van der Waals surface area contributed by atoms with E-state index in [4.69, 9.17) is 19.3 Å². The fraction of sp³-hybridized carbons (Fsp3) is 0.269. The number of nitrogens with zero attached hydrogens (tertiary/aromatic N) is 3. The van der Waals surface area contributed by atoms with Crippen LogP contribution in [-0.4, -0.2) is 40.5 Å². The minimum Gasteiger partial charge on any atom is -0.497 e. The zero-order valence-electron chi connectivity index (χ0n) is 19.7. The second-order valence-corrected chi connectivity index (χ2v) is 8.40. The maximum atomic E-state index is 13.1. The van der Waals surface area contributed by atoms with Crippen LogP contribution in [0.25, 0.3) is 10.9 Å². The number of aromatic nitrogens is 3. The Balaban J connectivity index is 1.63. The van der Waals surface area contributed by atoms with E-state index < -0.39 is 5.60 Å². The lowest BCUT2D eigenvalue weighted by Gasteiger charge is -2.24. The highest BCUT2D eigenvalue weighted by molar-refractivity contribution is 5.97. The number of anilines is 1. The van der Waals surface area contributed by atoms with Crippen molar-refractivity contribution in [2.24, 2.45) is 0 Å². The topological polar surface area (TPSA) is 87.5 Å². The highest BCUT2D eigenvalue weighted by atomic mass is 16.5.